The highest BCUT2D eigenvalue weighted by molar-refractivity contribution is 5.84. The third kappa shape index (κ3) is 2.88. The Bertz CT molecular complexity index is 706. The Kier molecular flexibility index (Phi) is 4.78. The highest BCUT2D eigenvalue weighted by atomic mass is 19.3. The fourth-order valence-electron chi connectivity index (χ4n) is 7.76. The average Bonchev–Trinajstić information content (AvgIpc) is 2.98. The van der Waals surface area contributed by atoms with Crippen LogP contribution in [0.2, 0.25) is 0 Å². The van der Waals surface area contributed by atoms with Gasteiger partial charge >= 0.3 is 0 Å². The lowest BCUT2D eigenvalue weighted by Gasteiger charge is -2.59. The first-order chi connectivity index (χ1) is 13.1. The molecular weight excluding hydrogens is 364 g/mol. The van der Waals surface area contributed by atoms with Gasteiger partial charge in [-0.05, 0) is 87.0 Å². The first kappa shape index (κ1) is 20.1. The molecule has 0 saturated heterocycles. The number of azide groups is 1. The molecule has 8 atom stereocenters. The van der Waals surface area contributed by atoms with Gasteiger partial charge in [-0.15, -0.1) is 0 Å². The Morgan fingerprint density at radius 2 is 1.86 bits per heavy atom. The van der Waals surface area contributed by atoms with Crippen LogP contribution in [0.15, 0.2) is 5.11 Å². The summed E-state index contributed by atoms with van der Waals surface area (Å²) in [5.74, 6) is -3.24. The minimum absolute atomic E-state index is 0.00564. The molecule has 4 fully saturated rings. The van der Waals surface area contributed by atoms with Gasteiger partial charge in [-0.25, -0.2) is 8.78 Å². The topological polar surface area (TPSA) is 86.1 Å². The van der Waals surface area contributed by atoms with Crippen molar-refractivity contribution in [2.24, 2.45) is 46.0 Å². The van der Waals surface area contributed by atoms with E-state index in [4.69, 9.17) is 5.53 Å². The molecule has 156 valence electrons. The molecule has 0 aromatic carbocycles. The Balaban J connectivity index is 1.62. The number of hydrogen-bond donors (Lipinski definition) is 1. The van der Waals surface area contributed by atoms with Gasteiger partial charge in [0.2, 0.25) is 0 Å². The van der Waals surface area contributed by atoms with E-state index < -0.39 is 22.9 Å². The molecule has 28 heavy (non-hydrogen) atoms. The first-order valence-electron chi connectivity index (χ1n) is 10.7. The molecule has 0 unspecified atom stereocenters. The van der Waals surface area contributed by atoms with Crippen LogP contribution in [0.3, 0.4) is 0 Å². The number of Topliss-reactive ketones (excluding diaryl/α,β-unsaturated/α-hetero) is 1. The minimum atomic E-state index is -2.89. The van der Waals surface area contributed by atoms with E-state index in [1.807, 2.05) is 6.92 Å². The predicted molar refractivity (Wildman–Crippen MR) is 101 cm³/mol. The molecule has 0 amide bonds. The second-order valence-corrected chi connectivity index (χ2v) is 10.4. The van der Waals surface area contributed by atoms with Crippen molar-refractivity contribution in [3.8, 4) is 0 Å². The summed E-state index contributed by atoms with van der Waals surface area (Å²) in [6.07, 6.45) is 5.17. The Labute approximate surface area is 164 Å². The van der Waals surface area contributed by atoms with Gasteiger partial charge in [0.1, 0.15) is 5.78 Å². The maximum absolute atomic E-state index is 15.7. The Morgan fingerprint density at radius 3 is 2.57 bits per heavy atom. The lowest BCUT2D eigenvalue weighted by molar-refractivity contribution is -0.228. The highest BCUT2D eigenvalue weighted by Gasteiger charge is 2.69. The standard InChI is InChI=1S/C21H31F2N3O2/c1-19(28)8-7-13-12(9-19)3-4-14-15(13)10-21(22,23)20(2)16(14)5-6-17(20)18(27)11-25-26-24/h12-17,28H,3-11H2,1-2H3/t12-,13+,14-,15-,16+,17-,19-,20+/m1/s1. The number of ketones is 1. The number of rotatable bonds is 3. The van der Waals surface area contributed by atoms with Gasteiger partial charge in [-0.1, -0.05) is 12.0 Å². The van der Waals surface area contributed by atoms with E-state index >= 15 is 8.78 Å². The van der Waals surface area contributed by atoms with E-state index in [0.29, 0.717) is 25.2 Å². The summed E-state index contributed by atoms with van der Waals surface area (Å²) in [5, 5.41) is 13.8. The summed E-state index contributed by atoms with van der Waals surface area (Å²) in [5.41, 5.74) is 6.51. The van der Waals surface area contributed by atoms with Crippen LogP contribution in [0.4, 0.5) is 8.78 Å². The number of carbonyl (C=O) groups is 1. The van der Waals surface area contributed by atoms with Crippen LogP contribution in [0.1, 0.15) is 65.2 Å². The molecule has 4 rings (SSSR count). The smallest absolute Gasteiger partial charge is 0.254 e. The van der Waals surface area contributed by atoms with Crippen molar-refractivity contribution < 1.29 is 18.7 Å². The zero-order valence-electron chi connectivity index (χ0n) is 16.8. The van der Waals surface area contributed by atoms with Crippen molar-refractivity contribution in [2.75, 3.05) is 6.54 Å². The molecule has 1 N–H and O–H groups in total. The van der Waals surface area contributed by atoms with Gasteiger partial charge in [0, 0.05) is 22.7 Å². The lowest BCUT2D eigenvalue weighted by atomic mass is 9.47. The van der Waals surface area contributed by atoms with Gasteiger partial charge in [0.25, 0.3) is 5.92 Å². The largest absolute Gasteiger partial charge is 0.390 e. The summed E-state index contributed by atoms with van der Waals surface area (Å²) >= 11 is 0. The number of nitrogens with zero attached hydrogens (tertiary/aromatic N) is 3. The predicted octanol–water partition coefficient (Wildman–Crippen LogP) is 5.13. The van der Waals surface area contributed by atoms with Gasteiger partial charge < -0.3 is 5.11 Å². The number of halogens is 2. The van der Waals surface area contributed by atoms with E-state index in [-0.39, 0.29) is 42.4 Å². The fourth-order valence-corrected chi connectivity index (χ4v) is 7.76. The molecule has 0 aromatic heterocycles. The molecule has 0 bridgehead atoms. The van der Waals surface area contributed by atoms with E-state index in [1.165, 1.54) is 0 Å². The summed E-state index contributed by atoms with van der Waals surface area (Å²) in [4.78, 5) is 15.2. The normalized spacial score (nSPS) is 49.3. The number of fused-ring (bicyclic) bond motifs is 5. The number of carbonyl (C=O) groups excluding carboxylic acids is 1. The third-order valence-corrected chi connectivity index (χ3v) is 9.03. The molecule has 4 aliphatic rings. The number of hydrogen-bond acceptors (Lipinski definition) is 3. The third-order valence-electron chi connectivity index (χ3n) is 9.03. The molecule has 4 aliphatic carbocycles. The lowest BCUT2D eigenvalue weighted by Crippen LogP contribution is -2.59. The molecule has 0 radical (unpaired) electrons. The maximum atomic E-state index is 15.7. The van der Waals surface area contributed by atoms with Crippen LogP contribution < -0.4 is 0 Å². The maximum Gasteiger partial charge on any atom is 0.254 e. The van der Waals surface area contributed by atoms with Crippen LogP contribution in [0.25, 0.3) is 10.4 Å². The molecule has 0 spiro atoms. The van der Waals surface area contributed by atoms with Gasteiger partial charge in [0.15, 0.2) is 0 Å². The summed E-state index contributed by atoms with van der Waals surface area (Å²) in [7, 11) is 0. The number of alkyl halides is 2. The summed E-state index contributed by atoms with van der Waals surface area (Å²) in [6, 6.07) is 0. The van der Waals surface area contributed by atoms with Crippen LogP contribution in [0, 0.1) is 40.9 Å². The van der Waals surface area contributed by atoms with Crippen molar-refractivity contribution in [2.45, 2.75) is 76.7 Å². The van der Waals surface area contributed by atoms with E-state index in [0.717, 1.165) is 25.7 Å². The van der Waals surface area contributed by atoms with Crippen molar-refractivity contribution in [1.82, 2.24) is 0 Å². The average molecular weight is 395 g/mol. The molecule has 0 aliphatic heterocycles. The zero-order valence-corrected chi connectivity index (χ0v) is 16.8. The van der Waals surface area contributed by atoms with E-state index in [1.54, 1.807) is 6.92 Å². The van der Waals surface area contributed by atoms with E-state index in [9.17, 15) is 9.90 Å². The highest BCUT2D eigenvalue weighted by Crippen LogP contribution is 2.69. The molecule has 7 heteroatoms. The Hall–Kier alpha value is -1.20. The molecule has 5 nitrogen and oxygen atoms in total. The second-order valence-electron chi connectivity index (χ2n) is 10.4. The summed E-state index contributed by atoms with van der Waals surface area (Å²) < 4.78 is 31.3. The molecule has 4 saturated carbocycles. The van der Waals surface area contributed by atoms with Gasteiger partial charge in [-0.3, -0.25) is 4.79 Å². The second kappa shape index (κ2) is 6.66. The fraction of sp³-hybridized carbons (Fsp3) is 0.952. The van der Waals surface area contributed by atoms with Crippen molar-refractivity contribution in [1.29, 1.82) is 0 Å². The molecule has 0 heterocycles. The van der Waals surface area contributed by atoms with E-state index in [2.05, 4.69) is 10.0 Å². The van der Waals surface area contributed by atoms with Gasteiger partial charge in [0.05, 0.1) is 12.1 Å². The minimum Gasteiger partial charge on any atom is -0.390 e. The SMILES string of the molecule is C[C@@]1(O)CC[C@H]2[C@H](CC[C@@H]3[C@@H]2CC(F)(F)[C@]2(C)[C@@H](C(=O)CN=[N+]=[N-])CC[C@@H]32)C1. The zero-order chi connectivity index (χ0) is 20.3. The first-order valence-corrected chi connectivity index (χ1v) is 10.7. The Morgan fingerprint density at radius 1 is 1.11 bits per heavy atom. The van der Waals surface area contributed by atoms with Crippen molar-refractivity contribution in [3.05, 3.63) is 10.4 Å². The van der Waals surface area contributed by atoms with Gasteiger partial charge in [-0.2, -0.15) is 0 Å². The molecule has 0 aromatic rings. The monoisotopic (exact) mass is 395 g/mol. The summed E-state index contributed by atoms with van der Waals surface area (Å²) in [6.45, 7) is 3.17. The van der Waals surface area contributed by atoms with Crippen LogP contribution >= 0.6 is 0 Å². The quantitative estimate of drug-likeness (QED) is 0.408. The van der Waals surface area contributed by atoms with Crippen LogP contribution in [-0.2, 0) is 4.79 Å². The van der Waals surface area contributed by atoms with Crippen LogP contribution in [0.5, 0.6) is 0 Å². The number of aliphatic hydroxyl groups is 1. The van der Waals surface area contributed by atoms with Crippen molar-refractivity contribution in [3.63, 3.8) is 0 Å². The van der Waals surface area contributed by atoms with Crippen molar-refractivity contribution >= 4 is 5.78 Å². The molecular formula is C21H31F2N3O2. The van der Waals surface area contributed by atoms with Crippen LogP contribution in [-0.4, -0.2) is 29.0 Å².